The summed E-state index contributed by atoms with van der Waals surface area (Å²) in [6.07, 6.45) is 0.972. The molecule has 2 aliphatic rings. The highest BCUT2D eigenvalue weighted by molar-refractivity contribution is 6.30. The number of urea groups is 1. The molecule has 0 aromatic heterocycles. The summed E-state index contributed by atoms with van der Waals surface area (Å²) < 4.78 is 5.45. The Morgan fingerprint density at radius 1 is 1.38 bits per heavy atom. The second-order valence-corrected chi connectivity index (χ2v) is 7.05. The molecule has 6 nitrogen and oxygen atoms in total. The maximum absolute atomic E-state index is 12.5. The number of aliphatic hydroxyl groups excluding tert-OH is 1. The molecule has 1 aliphatic carbocycles. The highest BCUT2D eigenvalue weighted by atomic mass is 35.5. The monoisotopic (exact) mass is 352 g/mol. The van der Waals surface area contributed by atoms with Gasteiger partial charge in [-0.05, 0) is 43.4 Å². The van der Waals surface area contributed by atoms with E-state index in [2.05, 4.69) is 5.32 Å². The molecule has 3 amide bonds. The number of benzene rings is 1. The van der Waals surface area contributed by atoms with Crippen LogP contribution in [-0.2, 0) is 16.1 Å². The van der Waals surface area contributed by atoms with Gasteiger partial charge in [0.2, 0.25) is 0 Å². The fourth-order valence-corrected chi connectivity index (χ4v) is 3.10. The normalized spacial score (nSPS) is 25.0. The van der Waals surface area contributed by atoms with Gasteiger partial charge in [-0.3, -0.25) is 9.69 Å². The van der Waals surface area contributed by atoms with Crippen LogP contribution < -0.4 is 5.32 Å². The summed E-state index contributed by atoms with van der Waals surface area (Å²) in [5, 5.41) is 13.5. The Labute approximate surface area is 145 Å². The second kappa shape index (κ2) is 6.70. The number of aliphatic hydroxyl groups is 1. The van der Waals surface area contributed by atoms with Crippen molar-refractivity contribution >= 4 is 23.5 Å². The number of hydrogen-bond acceptors (Lipinski definition) is 4. The van der Waals surface area contributed by atoms with Gasteiger partial charge >= 0.3 is 6.03 Å². The van der Waals surface area contributed by atoms with E-state index in [-0.39, 0.29) is 25.0 Å². The third kappa shape index (κ3) is 3.55. The Balaban J connectivity index is 1.48. The lowest BCUT2D eigenvalue weighted by atomic mass is 9.96. The van der Waals surface area contributed by atoms with Gasteiger partial charge < -0.3 is 15.2 Å². The van der Waals surface area contributed by atoms with Crippen molar-refractivity contribution in [1.29, 1.82) is 0 Å². The lowest BCUT2D eigenvalue weighted by molar-refractivity contribution is -0.132. The molecule has 0 bridgehead atoms. The van der Waals surface area contributed by atoms with E-state index in [1.54, 1.807) is 19.1 Å². The number of halogens is 1. The number of imide groups is 1. The Hall–Kier alpha value is -1.63. The van der Waals surface area contributed by atoms with Crippen LogP contribution >= 0.6 is 11.6 Å². The number of hydrogen-bond donors (Lipinski definition) is 2. The number of nitrogens with one attached hydrogen (secondary N) is 1. The minimum absolute atomic E-state index is 0.0415. The number of amides is 3. The van der Waals surface area contributed by atoms with Gasteiger partial charge in [-0.15, -0.1) is 0 Å². The molecule has 2 fully saturated rings. The van der Waals surface area contributed by atoms with Crippen molar-refractivity contribution in [2.45, 2.75) is 38.0 Å². The molecule has 7 heteroatoms. The number of β-amino-alcohol motifs (C(OH)–C–C–N with tert-alkyl or cyclic N) is 1. The summed E-state index contributed by atoms with van der Waals surface area (Å²) >= 11 is 5.81. The van der Waals surface area contributed by atoms with E-state index in [4.69, 9.17) is 16.3 Å². The van der Waals surface area contributed by atoms with Crippen LogP contribution in [-0.4, -0.2) is 46.7 Å². The molecule has 1 aliphatic heterocycles. The van der Waals surface area contributed by atoms with E-state index in [1.807, 2.05) is 12.1 Å². The van der Waals surface area contributed by atoms with Gasteiger partial charge in [0.15, 0.2) is 0 Å². The van der Waals surface area contributed by atoms with Gasteiger partial charge in [-0.25, -0.2) is 4.79 Å². The average molecular weight is 353 g/mol. The minimum atomic E-state index is -0.923. The number of carbonyl (C=O) groups excluding carboxylic acids is 2. The molecule has 2 atom stereocenters. The molecule has 1 aromatic carbocycles. The van der Waals surface area contributed by atoms with Gasteiger partial charge in [-0.2, -0.15) is 0 Å². The molecule has 1 saturated carbocycles. The zero-order chi connectivity index (χ0) is 17.3. The molecule has 0 unspecified atom stereocenters. The maximum Gasteiger partial charge on any atom is 0.325 e. The molecule has 0 spiro atoms. The first-order valence-corrected chi connectivity index (χ1v) is 8.42. The Bertz CT molecular complexity index is 632. The molecule has 3 rings (SSSR count). The van der Waals surface area contributed by atoms with Crippen LogP contribution in [0.2, 0.25) is 5.02 Å². The van der Waals surface area contributed by atoms with Crippen LogP contribution in [0.1, 0.15) is 25.3 Å². The summed E-state index contributed by atoms with van der Waals surface area (Å²) in [6.45, 7) is 2.07. The second-order valence-electron chi connectivity index (χ2n) is 6.62. The van der Waals surface area contributed by atoms with Gasteiger partial charge in [0.05, 0.1) is 25.9 Å². The molecular weight excluding hydrogens is 332 g/mol. The number of ether oxygens (including phenoxy) is 1. The fourth-order valence-electron chi connectivity index (χ4n) is 2.98. The van der Waals surface area contributed by atoms with E-state index < -0.39 is 17.7 Å². The molecule has 1 aromatic rings. The summed E-state index contributed by atoms with van der Waals surface area (Å²) in [4.78, 5) is 25.6. The van der Waals surface area contributed by atoms with Crippen molar-refractivity contribution in [3.05, 3.63) is 34.9 Å². The fraction of sp³-hybridized carbons (Fsp3) is 0.529. The smallest absolute Gasteiger partial charge is 0.325 e. The van der Waals surface area contributed by atoms with Crippen LogP contribution in [0, 0.1) is 5.92 Å². The third-order valence-corrected chi connectivity index (χ3v) is 4.83. The topological polar surface area (TPSA) is 78.9 Å². The van der Waals surface area contributed by atoms with Gasteiger partial charge in [0.25, 0.3) is 5.91 Å². The van der Waals surface area contributed by atoms with Gasteiger partial charge in [0.1, 0.15) is 5.54 Å². The van der Waals surface area contributed by atoms with Crippen molar-refractivity contribution < 1.29 is 19.4 Å². The number of carbonyl (C=O) groups is 2. The van der Waals surface area contributed by atoms with Crippen molar-refractivity contribution in [2.75, 3.05) is 13.2 Å². The van der Waals surface area contributed by atoms with E-state index in [1.165, 1.54) is 0 Å². The zero-order valence-electron chi connectivity index (χ0n) is 13.5. The number of nitrogens with zero attached hydrogens (tertiary/aromatic N) is 1. The lowest BCUT2D eigenvalue weighted by Gasteiger charge is -2.22. The van der Waals surface area contributed by atoms with Crippen molar-refractivity contribution in [1.82, 2.24) is 10.2 Å². The zero-order valence-corrected chi connectivity index (χ0v) is 14.3. The van der Waals surface area contributed by atoms with E-state index in [0.29, 0.717) is 11.6 Å². The summed E-state index contributed by atoms with van der Waals surface area (Å²) in [6, 6.07) is 6.78. The van der Waals surface area contributed by atoms with Crippen LogP contribution in [0.15, 0.2) is 24.3 Å². The Kier molecular flexibility index (Phi) is 4.80. The molecule has 1 heterocycles. The maximum atomic E-state index is 12.5. The number of rotatable bonds is 7. The van der Waals surface area contributed by atoms with Crippen LogP contribution in [0.3, 0.4) is 0 Å². The van der Waals surface area contributed by atoms with E-state index in [9.17, 15) is 14.7 Å². The minimum Gasteiger partial charge on any atom is -0.389 e. The van der Waals surface area contributed by atoms with Crippen LogP contribution in [0.25, 0.3) is 0 Å². The summed E-state index contributed by atoms with van der Waals surface area (Å²) in [5.74, 6) is -0.0519. The summed E-state index contributed by atoms with van der Waals surface area (Å²) in [5.41, 5.74) is 0.115. The third-order valence-electron chi connectivity index (χ3n) is 4.58. The standard InChI is InChI=1S/C17H21ClN2O4/c1-17(12-4-5-12)15(22)20(16(23)19-17)8-14(21)10-24-9-11-2-6-13(18)7-3-11/h2-3,6-7,12,14,21H,4-5,8-10H2,1H3,(H,19,23)/t14-,17-/m1/s1. The highest BCUT2D eigenvalue weighted by Crippen LogP contribution is 2.42. The first kappa shape index (κ1) is 17.2. The van der Waals surface area contributed by atoms with Crippen molar-refractivity contribution in [3.8, 4) is 0 Å². The molecular formula is C17H21ClN2O4. The first-order chi connectivity index (χ1) is 11.4. The van der Waals surface area contributed by atoms with Crippen molar-refractivity contribution in [2.24, 2.45) is 5.92 Å². The van der Waals surface area contributed by atoms with Crippen LogP contribution in [0.5, 0.6) is 0 Å². The van der Waals surface area contributed by atoms with E-state index >= 15 is 0 Å². The van der Waals surface area contributed by atoms with Gasteiger partial charge in [-0.1, -0.05) is 23.7 Å². The molecule has 0 radical (unpaired) electrons. The summed E-state index contributed by atoms with van der Waals surface area (Å²) in [7, 11) is 0. The van der Waals surface area contributed by atoms with Gasteiger partial charge in [0, 0.05) is 5.02 Å². The lowest BCUT2D eigenvalue weighted by Crippen LogP contribution is -2.46. The SMILES string of the molecule is C[C@]1(C2CC2)NC(=O)N(C[C@@H](O)COCc2ccc(Cl)cc2)C1=O. The highest BCUT2D eigenvalue weighted by Gasteiger charge is 2.56. The molecule has 24 heavy (non-hydrogen) atoms. The largest absolute Gasteiger partial charge is 0.389 e. The average Bonchev–Trinajstić information content (AvgIpc) is 3.36. The molecule has 130 valence electrons. The van der Waals surface area contributed by atoms with Crippen molar-refractivity contribution in [3.63, 3.8) is 0 Å². The molecule has 2 N–H and O–H groups in total. The predicted molar refractivity (Wildman–Crippen MR) is 88.5 cm³/mol. The first-order valence-electron chi connectivity index (χ1n) is 8.04. The quantitative estimate of drug-likeness (QED) is 0.735. The predicted octanol–water partition coefficient (Wildman–Crippen LogP) is 1.94. The van der Waals surface area contributed by atoms with Crippen LogP contribution in [0.4, 0.5) is 4.79 Å². The Morgan fingerprint density at radius 2 is 2.04 bits per heavy atom. The molecule has 1 saturated heterocycles. The Morgan fingerprint density at radius 3 is 2.67 bits per heavy atom. The van der Waals surface area contributed by atoms with E-state index in [0.717, 1.165) is 23.3 Å².